The van der Waals surface area contributed by atoms with Gasteiger partial charge in [0.1, 0.15) is 0 Å². The molecule has 3 rings (SSSR count). The molecule has 0 fully saturated rings. The van der Waals surface area contributed by atoms with Crippen molar-refractivity contribution in [3.05, 3.63) is 78.1 Å². The van der Waals surface area contributed by atoms with E-state index in [9.17, 15) is 0 Å². The molecule has 0 aliphatic heterocycles. The van der Waals surface area contributed by atoms with Crippen LogP contribution in [0.3, 0.4) is 0 Å². The number of aryl methyl sites for hydroxylation is 1. The van der Waals surface area contributed by atoms with E-state index in [2.05, 4.69) is 78.4 Å². The van der Waals surface area contributed by atoms with Crippen molar-refractivity contribution in [1.29, 1.82) is 0 Å². The lowest BCUT2D eigenvalue weighted by molar-refractivity contribution is -0.694. The van der Waals surface area contributed by atoms with Crippen LogP contribution in [0.15, 0.2) is 66.9 Å². The van der Waals surface area contributed by atoms with E-state index in [1.165, 1.54) is 22.0 Å². The zero-order valence-corrected chi connectivity index (χ0v) is 11.2. The van der Waals surface area contributed by atoms with Gasteiger partial charge in [-0.3, -0.25) is 0 Å². The quantitative estimate of drug-likeness (QED) is 0.622. The molecule has 0 radical (unpaired) electrons. The third kappa shape index (κ3) is 2.37. The second kappa shape index (κ2) is 5.23. The van der Waals surface area contributed by atoms with Gasteiger partial charge < -0.3 is 0 Å². The molecular weight excluding hydrogens is 230 g/mol. The van der Waals surface area contributed by atoms with Crippen LogP contribution in [0.1, 0.15) is 18.2 Å². The third-order valence-electron chi connectivity index (χ3n) is 3.58. The first-order chi connectivity index (χ1) is 9.38. The maximum absolute atomic E-state index is 2.36. The minimum atomic E-state index is 0.939. The Hall–Kier alpha value is -2.15. The van der Waals surface area contributed by atoms with E-state index >= 15 is 0 Å². The molecule has 0 aliphatic carbocycles. The van der Waals surface area contributed by atoms with Crippen LogP contribution in [0.5, 0.6) is 0 Å². The molecule has 0 saturated carbocycles. The van der Waals surface area contributed by atoms with Gasteiger partial charge in [-0.25, -0.2) is 0 Å². The second-order valence-corrected chi connectivity index (χ2v) is 4.82. The van der Waals surface area contributed by atoms with Gasteiger partial charge in [-0.2, -0.15) is 4.57 Å². The smallest absolute Gasteiger partial charge is 0.189 e. The van der Waals surface area contributed by atoms with Gasteiger partial charge in [-0.1, -0.05) is 55.5 Å². The number of benzene rings is 2. The van der Waals surface area contributed by atoms with Gasteiger partial charge in [-0.05, 0) is 11.5 Å². The molecule has 0 spiro atoms. The Balaban J connectivity index is 2.08. The van der Waals surface area contributed by atoms with Crippen LogP contribution in [0.25, 0.3) is 10.8 Å². The summed E-state index contributed by atoms with van der Waals surface area (Å²) in [5.74, 6) is 0. The number of rotatable bonds is 3. The minimum absolute atomic E-state index is 0.939. The van der Waals surface area contributed by atoms with Crippen LogP contribution in [-0.2, 0) is 13.0 Å². The van der Waals surface area contributed by atoms with E-state index < -0.39 is 0 Å². The average Bonchev–Trinajstić information content (AvgIpc) is 2.48. The number of fused-ring (bicyclic) bond motifs is 1. The molecule has 1 aromatic heterocycles. The molecule has 3 aromatic rings. The van der Waals surface area contributed by atoms with Crippen molar-refractivity contribution in [3.63, 3.8) is 0 Å². The Morgan fingerprint density at radius 2 is 1.58 bits per heavy atom. The fourth-order valence-electron chi connectivity index (χ4n) is 2.64. The van der Waals surface area contributed by atoms with Crippen molar-refractivity contribution < 1.29 is 4.57 Å². The van der Waals surface area contributed by atoms with Crippen molar-refractivity contribution in [2.24, 2.45) is 0 Å². The van der Waals surface area contributed by atoms with Crippen molar-refractivity contribution in [2.75, 3.05) is 0 Å². The summed E-state index contributed by atoms with van der Waals surface area (Å²) in [5, 5.41) is 2.69. The minimum Gasteiger partial charge on any atom is -0.198 e. The van der Waals surface area contributed by atoms with Crippen molar-refractivity contribution in [3.8, 4) is 0 Å². The third-order valence-corrected chi connectivity index (χ3v) is 3.58. The first kappa shape index (κ1) is 11.9. The Labute approximate surface area is 114 Å². The Morgan fingerprint density at radius 1 is 0.842 bits per heavy atom. The molecule has 0 N–H and O–H groups in total. The van der Waals surface area contributed by atoms with Gasteiger partial charge >= 0.3 is 0 Å². The highest BCUT2D eigenvalue weighted by molar-refractivity contribution is 5.83. The standard InChI is InChI=1S/C18H18N/c1-2-18-17-11-7-6-10-16(17)12-13-19(18)14-15-8-4-3-5-9-15/h3-13H,2,14H2,1H3/q+1. The second-order valence-electron chi connectivity index (χ2n) is 4.82. The molecule has 0 saturated heterocycles. The fourth-order valence-corrected chi connectivity index (χ4v) is 2.64. The largest absolute Gasteiger partial charge is 0.198 e. The maximum atomic E-state index is 2.36. The van der Waals surface area contributed by atoms with Crippen LogP contribution in [0.2, 0.25) is 0 Å². The van der Waals surface area contributed by atoms with Crippen molar-refractivity contribution in [1.82, 2.24) is 0 Å². The van der Waals surface area contributed by atoms with Crippen LogP contribution in [-0.4, -0.2) is 0 Å². The SMILES string of the molecule is CCc1c2ccccc2cc[n+]1Cc1ccccc1. The Bertz CT molecular complexity index is 686. The van der Waals surface area contributed by atoms with Crippen molar-refractivity contribution in [2.45, 2.75) is 19.9 Å². The summed E-state index contributed by atoms with van der Waals surface area (Å²) < 4.78 is 2.36. The molecule has 1 heterocycles. The normalized spacial score (nSPS) is 10.8. The van der Waals surface area contributed by atoms with E-state index in [4.69, 9.17) is 0 Å². The summed E-state index contributed by atoms with van der Waals surface area (Å²) in [4.78, 5) is 0. The van der Waals surface area contributed by atoms with Gasteiger partial charge in [-0.15, -0.1) is 0 Å². The number of hydrogen-bond donors (Lipinski definition) is 0. The predicted octanol–water partition coefficient (Wildman–Crippen LogP) is 3.74. The summed E-state index contributed by atoms with van der Waals surface area (Å²) in [6.45, 7) is 3.16. The fraction of sp³-hybridized carbons (Fsp3) is 0.167. The topological polar surface area (TPSA) is 3.88 Å². The van der Waals surface area contributed by atoms with E-state index in [-0.39, 0.29) is 0 Å². The van der Waals surface area contributed by atoms with E-state index in [1.807, 2.05) is 0 Å². The van der Waals surface area contributed by atoms with E-state index in [0.717, 1.165) is 13.0 Å². The lowest BCUT2D eigenvalue weighted by atomic mass is 10.1. The van der Waals surface area contributed by atoms with Gasteiger partial charge in [0, 0.05) is 23.4 Å². The maximum Gasteiger partial charge on any atom is 0.189 e. The van der Waals surface area contributed by atoms with Crippen LogP contribution >= 0.6 is 0 Å². The molecule has 0 aliphatic rings. The molecule has 0 amide bonds. The first-order valence-electron chi connectivity index (χ1n) is 6.82. The molecule has 1 heteroatoms. The molecule has 0 bridgehead atoms. The molecular formula is C18H18N+. The molecule has 0 unspecified atom stereocenters. The number of nitrogens with zero attached hydrogens (tertiary/aromatic N) is 1. The summed E-state index contributed by atoms with van der Waals surface area (Å²) in [6, 6.07) is 21.5. The predicted molar refractivity (Wildman–Crippen MR) is 79.1 cm³/mol. The highest BCUT2D eigenvalue weighted by atomic mass is 15.0. The van der Waals surface area contributed by atoms with Gasteiger partial charge in [0.2, 0.25) is 0 Å². The number of hydrogen-bond acceptors (Lipinski definition) is 0. The zero-order valence-electron chi connectivity index (χ0n) is 11.2. The van der Waals surface area contributed by atoms with Gasteiger partial charge in [0.15, 0.2) is 18.4 Å². The molecule has 2 aromatic carbocycles. The summed E-state index contributed by atoms with van der Waals surface area (Å²) in [7, 11) is 0. The van der Waals surface area contributed by atoms with Crippen molar-refractivity contribution >= 4 is 10.8 Å². The molecule has 94 valence electrons. The van der Waals surface area contributed by atoms with Crippen LogP contribution in [0, 0.1) is 0 Å². The summed E-state index contributed by atoms with van der Waals surface area (Å²) >= 11 is 0. The Kier molecular flexibility index (Phi) is 3.28. The average molecular weight is 248 g/mol. The highest BCUT2D eigenvalue weighted by Gasteiger charge is 2.13. The van der Waals surface area contributed by atoms with Gasteiger partial charge in [0.05, 0.1) is 0 Å². The van der Waals surface area contributed by atoms with Crippen LogP contribution in [0.4, 0.5) is 0 Å². The first-order valence-corrected chi connectivity index (χ1v) is 6.82. The Morgan fingerprint density at radius 3 is 2.37 bits per heavy atom. The highest BCUT2D eigenvalue weighted by Crippen LogP contribution is 2.16. The molecule has 1 nitrogen and oxygen atoms in total. The van der Waals surface area contributed by atoms with Crippen LogP contribution < -0.4 is 4.57 Å². The monoisotopic (exact) mass is 248 g/mol. The number of pyridine rings is 1. The number of aromatic nitrogens is 1. The van der Waals surface area contributed by atoms with E-state index in [0.29, 0.717) is 0 Å². The molecule has 19 heavy (non-hydrogen) atoms. The zero-order chi connectivity index (χ0) is 13.1. The summed E-state index contributed by atoms with van der Waals surface area (Å²) in [6.07, 6.45) is 3.25. The van der Waals surface area contributed by atoms with E-state index in [1.54, 1.807) is 0 Å². The molecule has 0 atom stereocenters. The summed E-state index contributed by atoms with van der Waals surface area (Å²) in [5.41, 5.74) is 2.75. The lowest BCUT2D eigenvalue weighted by Crippen LogP contribution is -2.38. The lowest BCUT2D eigenvalue weighted by Gasteiger charge is -2.06. The van der Waals surface area contributed by atoms with Gasteiger partial charge in [0.25, 0.3) is 0 Å².